The maximum absolute atomic E-state index is 10.6. The Morgan fingerprint density at radius 2 is 1.85 bits per heavy atom. The molecule has 0 heterocycles. The third-order valence-electron chi connectivity index (χ3n) is 4.51. The molecule has 1 unspecified atom stereocenters. The van der Waals surface area contributed by atoms with Crippen molar-refractivity contribution in [1.29, 1.82) is 0 Å². The molecule has 1 fully saturated rings. The third kappa shape index (κ3) is 4.60. The van der Waals surface area contributed by atoms with E-state index in [-0.39, 0.29) is 0 Å². The fourth-order valence-corrected chi connectivity index (χ4v) is 3.18. The molecule has 112 valence electrons. The highest BCUT2D eigenvalue weighted by molar-refractivity contribution is 5.18. The lowest BCUT2D eigenvalue weighted by Gasteiger charge is -2.34. The molecular weight excluding hydrogens is 246 g/mol. The number of nitrogens with one attached hydrogen (secondary N) is 1. The fraction of sp³-hybridized carbons (Fsp3) is 0.667. The third-order valence-corrected chi connectivity index (χ3v) is 4.51. The number of rotatable bonds is 7. The SMILES string of the molecule is CCCCC(NCC1(O)CCCCC1)c1ccccc1. The van der Waals surface area contributed by atoms with Gasteiger partial charge in [0.05, 0.1) is 5.60 Å². The first-order valence-electron chi connectivity index (χ1n) is 8.24. The molecule has 1 atom stereocenters. The van der Waals surface area contributed by atoms with E-state index >= 15 is 0 Å². The van der Waals surface area contributed by atoms with E-state index in [0.29, 0.717) is 6.04 Å². The quantitative estimate of drug-likeness (QED) is 0.781. The van der Waals surface area contributed by atoms with Crippen molar-refractivity contribution < 1.29 is 5.11 Å². The van der Waals surface area contributed by atoms with Gasteiger partial charge in [0, 0.05) is 12.6 Å². The van der Waals surface area contributed by atoms with Crippen molar-refractivity contribution in [2.45, 2.75) is 69.9 Å². The summed E-state index contributed by atoms with van der Waals surface area (Å²) >= 11 is 0. The van der Waals surface area contributed by atoms with Crippen LogP contribution >= 0.6 is 0 Å². The van der Waals surface area contributed by atoms with Crippen LogP contribution in [0.3, 0.4) is 0 Å². The average Bonchev–Trinajstić information content (AvgIpc) is 2.49. The van der Waals surface area contributed by atoms with Gasteiger partial charge in [0.25, 0.3) is 0 Å². The summed E-state index contributed by atoms with van der Waals surface area (Å²) in [5, 5.41) is 14.3. The van der Waals surface area contributed by atoms with Crippen molar-refractivity contribution in [1.82, 2.24) is 5.32 Å². The van der Waals surface area contributed by atoms with E-state index < -0.39 is 5.60 Å². The van der Waals surface area contributed by atoms with Crippen molar-refractivity contribution in [2.24, 2.45) is 0 Å². The lowest BCUT2D eigenvalue weighted by atomic mass is 9.84. The van der Waals surface area contributed by atoms with Crippen molar-refractivity contribution in [3.8, 4) is 0 Å². The van der Waals surface area contributed by atoms with Crippen LogP contribution < -0.4 is 5.32 Å². The molecule has 1 aromatic carbocycles. The Labute approximate surface area is 123 Å². The second-order valence-electron chi connectivity index (χ2n) is 6.27. The highest BCUT2D eigenvalue weighted by Gasteiger charge is 2.29. The zero-order valence-corrected chi connectivity index (χ0v) is 12.8. The summed E-state index contributed by atoms with van der Waals surface area (Å²) in [6, 6.07) is 11.0. The lowest BCUT2D eigenvalue weighted by Crippen LogP contribution is -2.43. The van der Waals surface area contributed by atoms with Crippen LogP contribution in [0.2, 0.25) is 0 Å². The standard InChI is InChI=1S/C18H29NO/c1-2-3-12-17(16-10-6-4-7-11-16)19-15-18(20)13-8-5-9-14-18/h4,6-7,10-11,17,19-20H,2-3,5,8-9,12-15H2,1H3. The predicted molar refractivity (Wildman–Crippen MR) is 84.7 cm³/mol. The van der Waals surface area contributed by atoms with E-state index in [1.807, 2.05) is 0 Å². The fourth-order valence-electron chi connectivity index (χ4n) is 3.18. The molecule has 0 amide bonds. The molecule has 0 aliphatic heterocycles. The summed E-state index contributed by atoms with van der Waals surface area (Å²) in [4.78, 5) is 0. The predicted octanol–water partition coefficient (Wildman–Crippen LogP) is 4.20. The van der Waals surface area contributed by atoms with Crippen molar-refractivity contribution in [3.05, 3.63) is 35.9 Å². The molecule has 2 heteroatoms. The van der Waals surface area contributed by atoms with Gasteiger partial charge in [0.2, 0.25) is 0 Å². The molecule has 1 aliphatic rings. The van der Waals surface area contributed by atoms with Crippen molar-refractivity contribution in [3.63, 3.8) is 0 Å². The van der Waals surface area contributed by atoms with Crippen LogP contribution in [0.4, 0.5) is 0 Å². The van der Waals surface area contributed by atoms with Crippen LogP contribution in [0.15, 0.2) is 30.3 Å². The average molecular weight is 275 g/mol. The van der Waals surface area contributed by atoms with Gasteiger partial charge in [-0.2, -0.15) is 0 Å². The Bertz CT molecular complexity index is 370. The van der Waals surface area contributed by atoms with Crippen molar-refractivity contribution >= 4 is 0 Å². The Kier molecular flexibility index (Phi) is 6.06. The highest BCUT2D eigenvalue weighted by Crippen LogP contribution is 2.28. The number of hydrogen-bond donors (Lipinski definition) is 2. The first-order valence-corrected chi connectivity index (χ1v) is 8.24. The zero-order chi connectivity index (χ0) is 14.3. The summed E-state index contributed by atoms with van der Waals surface area (Å²) in [5.41, 5.74) is 0.873. The Morgan fingerprint density at radius 1 is 1.15 bits per heavy atom. The van der Waals surface area contributed by atoms with Gasteiger partial charge in [0.15, 0.2) is 0 Å². The number of benzene rings is 1. The molecule has 0 saturated heterocycles. The second kappa shape index (κ2) is 7.80. The van der Waals surface area contributed by atoms with Gasteiger partial charge >= 0.3 is 0 Å². The van der Waals surface area contributed by atoms with Gasteiger partial charge in [0.1, 0.15) is 0 Å². The summed E-state index contributed by atoms with van der Waals surface area (Å²) in [7, 11) is 0. The number of aliphatic hydroxyl groups is 1. The lowest BCUT2D eigenvalue weighted by molar-refractivity contribution is 0.00231. The van der Waals surface area contributed by atoms with Gasteiger partial charge < -0.3 is 10.4 Å². The maximum Gasteiger partial charge on any atom is 0.0771 e. The number of unbranched alkanes of at least 4 members (excludes halogenated alkanes) is 1. The summed E-state index contributed by atoms with van der Waals surface area (Å²) in [6.45, 7) is 2.97. The Morgan fingerprint density at radius 3 is 2.50 bits per heavy atom. The molecule has 2 N–H and O–H groups in total. The summed E-state index contributed by atoms with van der Waals surface area (Å²) in [5.74, 6) is 0. The van der Waals surface area contributed by atoms with Crippen LogP contribution in [0.25, 0.3) is 0 Å². The second-order valence-corrected chi connectivity index (χ2v) is 6.27. The van der Waals surface area contributed by atoms with Gasteiger partial charge in [-0.15, -0.1) is 0 Å². The first kappa shape index (κ1) is 15.5. The molecule has 0 aromatic heterocycles. The minimum Gasteiger partial charge on any atom is -0.389 e. The van der Waals surface area contributed by atoms with Crippen LogP contribution in [0, 0.1) is 0 Å². The van der Waals surface area contributed by atoms with Crippen molar-refractivity contribution in [2.75, 3.05) is 6.54 Å². The largest absolute Gasteiger partial charge is 0.389 e. The minimum atomic E-state index is -0.475. The molecule has 1 aromatic rings. The van der Waals surface area contributed by atoms with Crippen LogP contribution in [-0.4, -0.2) is 17.3 Å². The van der Waals surface area contributed by atoms with E-state index in [2.05, 4.69) is 42.6 Å². The maximum atomic E-state index is 10.6. The molecular formula is C18H29NO. The van der Waals surface area contributed by atoms with Crippen LogP contribution in [0.1, 0.15) is 69.9 Å². The van der Waals surface area contributed by atoms with E-state index in [1.54, 1.807) is 0 Å². The Balaban J connectivity index is 1.93. The van der Waals surface area contributed by atoms with Gasteiger partial charge in [-0.3, -0.25) is 0 Å². The van der Waals surface area contributed by atoms with E-state index in [4.69, 9.17) is 0 Å². The topological polar surface area (TPSA) is 32.3 Å². The van der Waals surface area contributed by atoms with Gasteiger partial charge in [-0.1, -0.05) is 69.4 Å². The first-order chi connectivity index (χ1) is 9.73. The zero-order valence-electron chi connectivity index (χ0n) is 12.8. The van der Waals surface area contributed by atoms with E-state index in [0.717, 1.165) is 25.8 Å². The van der Waals surface area contributed by atoms with E-state index in [9.17, 15) is 5.11 Å². The van der Waals surface area contributed by atoms with Gasteiger partial charge in [-0.25, -0.2) is 0 Å². The molecule has 20 heavy (non-hydrogen) atoms. The monoisotopic (exact) mass is 275 g/mol. The van der Waals surface area contributed by atoms with Crippen LogP contribution in [-0.2, 0) is 0 Å². The van der Waals surface area contributed by atoms with Crippen LogP contribution in [0.5, 0.6) is 0 Å². The highest BCUT2D eigenvalue weighted by atomic mass is 16.3. The molecule has 0 bridgehead atoms. The molecule has 0 radical (unpaired) electrons. The number of hydrogen-bond acceptors (Lipinski definition) is 2. The molecule has 2 rings (SSSR count). The van der Waals surface area contributed by atoms with E-state index in [1.165, 1.54) is 37.7 Å². The minimum absolute atomic E-state index is 0.377. The molecule has 1 aliphatic carbocycles. The summed E-state index contributed by atoms with van der Waals surface area (Å²) < 4.78 is 0. The van der Waals surface area contributed by atoms with Gasteiger partial charge in [-0.05, 0) is 24.8 Å². The normalized spacial score (nSPS) is 19.7. The summed E-state index contributed by atoms with van der Waals surface area (Å²) in [6.07, 6.45) is 9.12. The molecule has 0 spiro atoms. The molecule has 1 saturated carbocycles. The molecule has 2 nitrogen and oxygen atoms in total. The smallest absolute Gasteiger partial charge is 0.0771 e. The Hall–Kier alpha value is -0.860.